The summed E-state index contributed by atoms with van der Waals surface area (Å²) in [7, 11) is -3.37. The van der Waals surface area contributed by atoms with Gasteiger partial charge in [-0.05, 0) is 55.7 Å². The Balaban J connectivity index is 1.31. The van der Waals surface area contributed by atoms with Gasteiger partial charge in [-0.15, -0.1) is 0 Å². The van der Waals surface area contributed by atoms with Crippen molar-refractivity contribution in [3.05, 3.63) is 48.6 Å². The molecule has 3 fully saturated rings. The lowest BCUT2D eigenvalue weighted by molar-refractivity contribution is -0.117. The highest BCUT2D eigenvalue weighted by Gasteiger charge is 2.47. The Morgan fingerprint density at radius 2 is 1.63 bits per heavy atom. The van der Waals surface area contributed by atoms with Gasteiger partial charge in [-0.3, -0.25) is 9.59 Å². The van der Waals surface area contributed by atoms with E-state index in [1.807, 2.05) is 18.2 Å². The maximum absolute atomic E-state index is 13.2. The highest BCUT2D eigenvalue weighted by Crippen LogP contribution is 2.40. The average Bonchev–Trinajstić information content (AvgIpc) is 3.33. The maximum Gasteiger partial charge on any atom is 0.253 e. The molecule has 2 atom stereocenters. The minimum absolute atomic E-state index is 0.0326. The molecule has 2 unspecified atom stereocenters. The van der Waals surface area contributed by atoms with Crippen LogP contribution in [-0.4, -0.2) is 66.9 Å². The zero-order valence-corrected chi connectivity index (χ0v) is 17.9. The molecule has 1 aliphatic carbocycles. The number of rotatable bonds is 5. The van der Waals surface area contributed by atoms with Gasteiger partial charge in [0, 0.05) is 37.8 Å². The van der Waals surface area contributed by atoms with Crippen molar-refractivity contribution < 1.29 is 18.0 Å². The lowest BCUT2D eigenvalue weighted by Gasteiger charge is -2.34. The second kappa shape index (κ2) is 8.51. The number of carbonyl (C=O) groups excluding carboxylic acids is 2. The summed E-state index contributed by atoms with van der Waals surface area (Å²) >= 11 is 0. The van der Waals surface area contributed by atoms with E-state index in [9.17, 15) is 18.0 Å². The number of nitrogens with zero attached hydrogens (tertiary/aromatic N) is 2. The Morgan fingerprint density at radius 1 is 1.03 bits per heavy atom. The number of hydrogen-bond acceptors (Lipinski definition) is 4. The molecule has 7 nitrogen and oxygen atoms in total. The number of fused-ring (bicyclic) bond motifs is 1. The molecule has 2 aliphatic heterocycles. The number of sulfonamides is 1. The minimum atomic E-state index is -3.37. The van der Waals surface area contributed by atoms with Crippen LogP contribution in [0.4, 0.5) is 0 Å². The molecule has 30 heavy (non-hydrogen) atoms. The molecular weight excluding hydrogens is 402 g/mol. The van der Waals surface area contributed by atoms with Crippen LogP contribution in [-0.2, 0) is 14.8 Å². The summed E-state index contributed by atoms with van der Waals surface area (Å²) in [5.74, 6) is 0.403. The Morgan fingerprint density at radius 3 is 2.20 bits per heavy atom. The summed E-state index contributed by atoms with van der Waals surface area (Å²) in [6.45, 7) is 5.49. The molecule has 1 saturated carbocycles. The van der Waals surface area contributed by atoms with E-state index in [2.05, 4.69) is 11.9 Å². The zero-order chi connectivity index (χ0) is 21.3. The van der Waals surface area contributed by atoms with E-state index in [4.69, 9.17) is 0 Å². The largest absolute Gasteiger partial charge is 0.350 e. The third-order valence-corrected chi connectivity index (χ3v) is 9.11. The maximum atomic E-state index is 13.2. The number of piperidine rings is 1. The van der Waals surface area contributed by atoms with Gasteiger partial charge in [0.1, 0.15) is 0 Å². The van der Waals surface area contributed by atoms with Gasteiger partial charge < -0.3 is 10.2 Å². The summed E-state index contributed by atoms with van der Waals surface area (Å²) in [4.78, 5) is 25.9. The van der Waals surface area contributed by atoms with Gasteiger partial charge >= 0.3 is 0 Å². The number of likely N-dealkylation sites (tertiary alicyclic amines) is 1. The van der Waals surface area contributed by atoms with E-state index in [0.717, 1.165) is 12.8 Å². The fourth-order valence-corrected chi connectivity index (χ4v) is 7.20. The quantitative estimate of drug-likeness (QED) is 0.718. The number of hydrogen-bond donors (Lipinski definition) is 1. The van der Waals surface area contributed by atoms with Crippen molar-refractivity contribution in [1.29, 1.82) is 0 Å². The predicted octanol–water partition coefficient (Wildman–Crippen LogP) is 1.63. The second-order valence-electron chi connectivity index (χ2n) is 8.62. The normalized spacial score (nSPS) is 27.6. The van der Waals surface area contributed by atoms with Crippen molar-refractivity contribution in [2.75, 3.05) is 26.2 Å². The van der Waals surface area contributed by atoms with Gasteiger partial charge in [0.25, 0.3) is 5.91 Å². The summed E-state index contributed by atoms with van der Waals surface area (Å²) in [5.41, 5.74) is 0.643. The standard InChI is InChI=1S/C22H29N3O4S/c1-2-21(26)23-19-12-17-14-25(15-18(17)13-19)30(28,29)20-8-10-24(11-9-20)22(27)16-6-4-3-5-7-16/h2-7,17-20H,1,8-15H2,(H,23,26). The van der Waals surface area contributed by atoms with E-state index in [1.54, 1.807) is 21.3 Å². The van der Waals surface area contributed by atoms with Crippen molar-refractivity contribution in [3.8, 4) is 0 Å². The SMILES string of the molecule is C=CC(=O)NC1CC2CN(S(=O)(=O)C3CCN(C(=O)c4ccccc4)CC3)CC2C1. The molecule has 4 rings (SSSR count). The van der Waals surface area contributed by atoms with E-state index >= 15 is 0 Å². The highest BCUT2D eigenvalue weighted by atomic mass is 32.2. The molecule has 2 heterocycles. The van der Waals surface area contributed by atoms with E-state index < -0.39 is 15.3 Å². The zero-order valence-electron chi connectivity index (χ0n) is 17.1. The molecule has 3 aliphatic rings. The number of amides is 2. The summed E-state index contributed by atoms with van der Waals surface area (Å²) in [6, 6.07) is 9.24. The third kappa shape index (κ3) is 4.16. The lowest BCUT2D eigenvalue weighted by Crippen LogP contribution is -2.46. The Bertz CT molecular complexity index is 896. The first-order chi connectivity index (χ1) is 14.4. The molecule has 2 saturated heterocycles. The first-order valence-electron chi connectivity index (χ1n) is 10.6. The van der Waals surface area contributed by atoms with Crippen molar-refractivity contribution in [2.45, 2.75) is 37.0 Å². The van der Waals surface area contributed by atoms with Crippen molar-refractivity contribution in [2.24, 2.45) is 11.8 Å². The first-order valence-corrected chi connectivity index (χ1v) is 12.1. The van der Waals surface area contributed by atoms with Crippen LogP contribution >= 0.6 is 0 Å². The van der Waals surface area contributed by atoms with Crippen LogP contribution in [0, 0.1) is 11.8 Å². The molecule has 1 N–H and O–H groups in total. The fourth-order valence-electron chi connectivity index (χ4n) is 5.17. The molecule has 2 amide bonds. The molecule has 1 aromatic rings. The van der Waals surface area contributed by atoms with Gasteiger partial charge in [0.2, 0.25) is 15.9 Å². The molecule has 0 aromatic heterocycles. The molecule has 8 heteroatoms. The van der Waals surface area contributed by atoms with E-state index in [1.165, 1.54) is 6.08 Å². The molecule has 1 aromatic carbocycles. The van der Waals surface area contributed by atoms with Crippen LogP contribution in [0.3, 0.4) is 0 Å². The van der Waals surface area contributed by atoms with Crippen molar-refractivity contribution in [3.63, 3.8) is 0 Å². The Labute approximate surface area is 178 Å². The minimum Gasteiger partial charge on any atom is -0.350 e. The second-order valence-corrected chi connectivity index (χ2v) is 10.8. The number of carbonyl (C=O) groups is 2. The van der Waals surface area contributed by atoms with Crippen LogP contribution in [0.1, 0.15) is 36.0 Å². The van der Waals surface area contributed by atoms with Gasteiger partial charge in [-0.25, -0.2) is 12.7 Å². The molecule has 162 valence electrons. The smallest absolute Gasteiger partial charge is 0.253 e. The van der Waals surface area contributed by atoms with Gasteiger partial charge in [-0.1, -0.05) is 24.8 Å². The van der Waals surface area contributed by atoms with Gasteiger partial charge in [-0.2, -0.15) is 0 Å². The predicted molar refractivity (Wildman–Crippen MR) is 114 cm³/mol. The summed E-state index contributed by atoms with van der Waals surface area (Å²) < 4.78 is 28.1. The van der Waals surface area contributed by atoms with Crippen LogP contribution < -0.4 is 5.32 Å². The molecule has 0 bridgehead atoms. The van der Waals surface area contributed by atoms with Crippen LogP contribution in [0.2, 0.25) is 0 Å². The first kappa shape index (κ1) is 21.1. The summed E-state index contributed by atoms with van der Waals surface area (Å²) in [5, 5.41) is 2.52. The lowest BCUT2D eigenvalue weighted by atomic mass is 10.0. The molecule has 0 radical (unpaired) electrons. The summed E-state index contributed by atoms with van der Waals surface area (Å²) in [6.07, 6.45) is 3.87. The van der Waals surface area contributed by atoms with E-state index in [-0.39, 0.29) is 17.9 Å². The van der Waals surface area contributed by atoms with E-state index in [0.29, 0.717) is 56.4 Å². The van der Waals surface area contributed by atoms with Crippen LogP contribution in [0.25, 0.3) is 0 Å². The van der Waals surface area contributed by atoms with Crippen molar-refractivity contribution >= 4 is 21.8 Å². The topological polar surface area (TPSA) is 86.8 Å². The van der Waals surface area contributed by atoms with Crippen molar-refractivity contribution in [1.82, 2.24) is 14.5 Å². The fraction of sp³-hybridized carbons (Fsp3) is 0.545. The molecular formula is C22H29N3O4S. The third-order valence-electron chi connectivity index (χ3n) is 6.78. The van der Waals surface area contributed by atoms with Gasteiger partial charge in [0.05, 0.1) is 5.25 Å². The monoisotopic (exact) mass is 431 g/mol. The van der Waals surface area contributed by atoms with Gasteiger partial charge in [0.15, 0.2) is 0 Å². The average molecular weight is 432 g/mol. The number of benzene rings is 1. The van der Waals surface area contributed by atoms with Crippen LogP contribution in [0.15, 0.2) is 43.0 Å². The molecule has 0 spiro atoms. The highest BCUT2D eigenvalue weighted by molar-refractivity contribution is 7.89. The van der Waals surface area contributed by atoms with Crippen LogP contribution in [0.5, 0.6) is 0 Å². The Kier molecular flexibility index (Phi) is 5.97. The number of nitrogens with one attached hydrogen (secondary N) is 1. The Hall–Kier alpha value is -2.19.